The van der Waals surface area contributed by atoms with Crippen molar-refractivity contribution in [1.29, 1.82) is 0 Å². The molecule has 1 atom stereocenters. The monoisotopic (exact) mass is 566 g/mol. The molecular formula is C32H30N4O6. The van der Waals surface area contributed by atoms with Crippen molar-refractivity contribution in [1.82, 2.24) is 19.9 Å². The molecule has 10 nitrogen and oxygen atoms in total. The molecule has 0 saturated carbocycles. The highest BCUT2D eigenvalue weighted by Crippen LogP contribution is 2.43. The first-order chi connectivity index (χ1) is 20.2. The summed E-state index contributed by atoms with van der Waals surface area (Å²) >= 11 is 0. The van der Waals surface area contributed by atoms with E-state index in [1.165, 1.54) is 26.4 Å². The van der Waals surface area contributed by atoms with E-state index in [1.807, 2.05) is 38.1 Å². The molecule has 4 aromatic rings. The van der Waals surface area contributed by atoms with Crippen LogP contribution in [0.5, 0.6) is 11.5 Å². The van der Waals surface area contributed by atoms with Gasteiger partial charge in [-0.2, -0.15) is 5.01 Å². The zero-order valence-electron chi connectivity index (χ0n) is 23.7. The maximum absolute atomic E-state index is 14.4. The molecule has 3 aromatic carbocycles. The average Bonchev–Trinajstić information content (AvgIpc) is 3.39. The number of fused-ring (bicyclic) bond motifs is 4. The van der Waals surface area contributed by atoms with Gasteiger partial charge in [0.25, 0.3) is 17.7 Å². The second-order valence-corrected chi connectivity index (χ2v) is 10.8. The summed E-state index contributed by atoms with van der Waals surface area (Å²) in [6, 6.07) is 19.7. The number of H-pyrrole nitrogens is 1. The summed E-state index contributed by atoms with van der Waals surface area (Å²) in [7, 11) is 2.82. The molecule has 2 aliphatic heterocycles. The third-order valence-corrected chi connectivity index (χ3v) is 8.13. The highest BCUT2D eigenvalue weighted by molar-refractivity contribution is 6.14. The highest BCUT2D eigenvalue weighted by atomic mass is 16.5. The Bertz CT molecular complexity index is 1700. The van der Waals surface area contributed by atoms with Crippen molar-refractivity contribution in [3.8, 4) is 11.5 Å². The molecule has 3 heterocycles. The lowest BCUT2D eigenvalue weighted by atomic mass is 9.82. The van der Waals surface area contributed by atoms with Gasteiger partial charge >= 0.3 is 0 Å². The number of ether oxygens (including phenoxy) is 2. The first-order valence-corrected chi connectivity index (χ1v) is 13.6. The third kappa shape index (κ3) is 4.01. The van der Waals surface area contributed by atoms with Crippen LogP contribution in [0.3, 0.4) is 0 Å². The van der Waals surface area contributed by atoms with Gasteiger partial charge in [0.2, 0.25) is 5.91 Å². The number of imide groups is 1. The maximum Gasteiger partial charge on any atom is 0.283 e. The molecule has 1 aromatic heterocycles. The molecule has 10 heteroatoms. The summed E-state index contributed by atoms with van der Waals surface area (Å²) in [6.45, 7) is 3.29. The highest BCUT2D eigenvalue weighted by Gasteiger charge is 2.54. The summed E-state index contributed by atoms with van der Waals surface area (Å²) in [6.07, 6.45) is 0.226. The molecule has 0 aliphatic carbocycles. The molecule has 42 heavy (non-hydrogen) atoms. The van der Waals surface area contributed by atoms with Crippen LogP contribution in [0.2, 0.25) is 0 Å². The van der Waals surface area contributed by atoms with Gasteiger partial charge in [0.1, 0.15) is 24.1 Å². The summed E-state index contributed by atoms with van der Waals surface area (Å²) in [5.41, 5.74) is 1.98. The number of carbonyl (C=O) groups excluding carboxylic acids is 4. The van der Waals surface area contributed by atoms with Crippen LogP contribution >= 0.6 is 0 Å². The fourth-order valence-electron chi connectivity index (χ4n) is 6.22. The van der Waals surface area contributed by atoms with E-state index in [-0.39, 0.29) is 35.0 Å². The lowest BCUT2D eigenvalue weighted by Gasteiger charge is -2.52. The molecule has 0 spiro atoms. The summed E-state index contributed by atoms with van der Waals surface area (Å²) in [5, 5.41) is 2.69. The molecular weight excluding hydrogens is 536 g/mol. The van der Waals surface area contributed by atoms with E-state index in [1.54, 1.807) is 41.3 Å². The van der Waals surface area contributed by atoms with E-state index in [9.17, 15) is 19.2 Å². The van der Waals surface area contributed by atoms with Gasteiger partial charge in [-0.1, -0.05) is 42.5 Å². The average molecular weight is 567 g/mol. The largest absolute Gasteiger partial charge is 0.496 e. The number of rotatable bonds is 5. The molecule has 2 aliphatic rings. The number of methoxy groups -OCH3 is 2. The maximum atomic E-state index is 14.4. The minimum atomic E-state index is -0.939. The fourth-order valence-corrected chi connectivity index (χ4v) is 6.22. The summed E-state index contributed by atoms with van der Waals surface area (Å²) < 4.78 is 10.8. The summed E-state index contributed by atoms with van der Waals surface area (Å²) in [4.78, 5) is 61.7. The van der Waals surface area contributed by atoms with Crippen molar-refractivity contribution in [2.45, 2.75) is 31.8 Å². The molecule has 0 bridgehead atoms. The van der Waals surface area contributed by atoms with Crippen molar-refractivity contribution in [3.63, 3.8) is 0 Å². The third-order valence-electron chi connectivity index (χ3n) is 8.13. The Kier molecular flexibility index (Phi) is 6.48. The topological polar surface area (TPSA) is 112 Å². The van der Waals surface area contributed by atoms with Gasteiger partial charge in [0, 0.05) is 23.0 Å². The number of aromatic nitrogens is 1. The van der Waals surface area contributed by atoms with Crippen LogP contribution in [0.15, 0.2) is 72.8 Å². The van der Waals surface area contributed by atoms with E-state index in [2.05, 4.69) is 4.98 Å². The van der Waals surface area contributed by atoms with Crippen LogP contribution in [0.4, 0.5) is 0 Å². The minimum Gasteiger partial charge on any atom is -0.496 e. The van der Waals surface area contributed by atoms with E-state index < -0.39 is 35.8 Å². The number of nitrogens with zero attached hydrogens (tertiary/aromatic N) is 3. The number of piperazine rings is 1. The van der Waals surface area contributed by atoms with E-state index >= 15 is 0 Å². The molecule has 6 rings (SSSR count). The second-order valence-electron chi connectivity index (χ2n) is 10.8. The fraction of sp³-hybridized carbons (Fsp3) is 0.250. The van der Waals surface area contributed by atoms with Crippen LogP contribution in [-0.2, 0) is 21.5 Å². The number of hydrogen-bond donors (Lipinski definition) is 1. The number of amides is 4. The predicted molar refractivity (Wildman–Crippen MR) is 154 cm³/mol. The number of aromatic amines is 1. The number of hydrazine groups is 1. The van der Waals surface area contributed by atoms with Gasteiger partial charge in [-0.25, -0.2) is 5.01 Å². The number of para-hydroxylation sites is 3. The van der Waals surface area contributed by atoms with Crippen LogP contribution in [-0.4, -0.2) is 70.3 Å². The number of carbonyl (C=O) groups is 4. The van der Waals surface area contributed by atoms with Crippen molar-refractivity contribution in [2.75, 3.05) is 20.8 Å². The summed E-state index contributed by atoms with van der Waals surface area (Å²) in [5.74, 6) is -2.09. The van der Waals surface area contributed by atoms with Crippen LogP contribution in [0, 0.1) is 0 Å². The predicted octanol–water partition coefficient (Wildman–Crippen LogP) is 3.91. The normalized spacial score (nSPS) is 17.5. The standard InChI is InChI=1S/C32H30N4O6/c1-32(2)28-22(19-11-5-8-14-23(19)33-28)17-24-31(40)34(18-27(37)35(24)32)36(29(38)20-12-6-9-15-25(20)41-3)30(39)21-13-7-10-16-26(21)42-4/h5-16,24,33H,17-18H2,1-4H3/t24-/m0/s1. The Morgan fingerprint density at radius 1 is 0.857 bits per heavy atom. The van der Waals surface area contributed by atoms with Crippen molar-refractivity contribution < 1.29 is 28.7 Å². The SMILES string of the molecule is COc1ccccc1C(=O)N(C(=O)c1ccccc1OC)N1CC(=O)N2[C@@H](Cc3c([nH]c4ccccc34)C2(C)C)C1=O. The quantitative estimate of drug-likeness (QED) is 0.367. The van der Waals surface area contributed by atoms with Gasteiger partial charge in [-0.15, -0.1) is 0 Å². The number of benzene rings is 3. The van der Waals surface area contributed by atoms with E-state index in [0.717, 1.165) is 32.2 Å². The number of nitrogens with one attached hydrogen (secondary N) is 1. The van der Waals surface area contributed by atoms with Gasteiger partial charge < -0.3 is 19.4 Å². The Morgan fingerprint density at radius 3 is 2.00 bits per heavy atom. The Morgan fingerprint density at radius 2 is 1.40 bits per heavy atom. The van der Waals surface area contributed by atoms with E-state index in [4.69, 9.17) is 9.47 Å². The Hall–Kier alpha value is -5.12. The zero-order valence-corrected chi connectivity index (χ0v) is 23.7. The van der Waals surface area contributed by atoms with Crippen molar-refractivity contribution in [2.24, 2.45) is 0 Å². The molecule has 1 saturated heterocycles. The first kappa shape index (κ1) is 27.1. The lowest BCUT2D eigenvalue weighted by molar-refractivity contribution is -0.173. The molecule has 0 unspecified atom stereocenters. The van der Waals surface area contributed by atoms with Gasteiger partial charge in [0.05, 0.1) is 30.9 Å². The van der Waals surface area contributed by atoms with E-state index in [0.29, 0.717) is 0 Å². The van der Waals surface area contributed by atoms with Gasteiger partial charge in [0.15, 0.2) is 0 Å². The molecule has 214 valence electrons. The van der Waals surface area contributed by atoms with Crippen LogP contribution < -0.4 is 9.47 Å². The smallest absolute Gasteiger partial charge is 0.283 e. The Balaban J connectivity index is 1.48. The second kappa shape index (κ2) is 10.1. The van der Waals surface area contributed by atoms with Crippen molar-refractivity contribution in [3.05, 3.63) is 95.2 Å². The molecule has 1 N–H and O–H groups in total. The molecule has 1 fully saturated rings. The lowest BCUT2D eigenvalue weighted by Crippen LogP contribution is -2.70. The number of hydrogen-bond acceptors (Lipinski definition) is 6. The van der Waals surface area contributed by atoms with Crippen molar-refractivity contribution >= 4 is 34.5 Å². The molecule has 0 radical (unpaired) electrons. The zero-order chi connectivity index (χ0) is 29.8. The Labute approximate surface area is 242 Å². The van der Waals surface area contributed by atoms with Gasteiger partial charge in [-0.05, 0) is 49.7 Å². The minimum absolute atomic E-state index is 0.0637. The van der Waals surface area contributed by atoms with Crippen LogP contribution in [0.1, 0.15) is 45.8 Å². The van der Waals surface area contributed by atoms with Crippen LogP contribution in [0.25, 0.3) is 10.9 Å². The molecule has 4 amide bonds. The first-order valence-electron chi connectivity index (χ1n) is 13.6. The van der Waals surface area contributed by atoms with Gasteiger partial charge in [-0.3, -0.25) is 19.2 Å².